The third kappa shape index (κ3) is 8.55. The second kappa shape index (κ2) is 11.9. The third-order valence-corrected chi connectivity index (χ3v) is 3.64. The van der Waals surface area contributed by atoms with E-state index in [-0.39, 0.29) is 5.91 Å². The first-order chi connectivity index (χ1) is 10.7. The minimum Gasteiger partial charge on any atom is -0.273 e. The molecular formula is C18H29N3O. The molecule has 4 nitrogen and oxygen atoms in total. The van der Waals surface area contributed by atoms with Crippen LogP contribution in [0.1, 0.15) is 77.3 Å². The van der Waals surface area contributed by atoms with Crippen LogP contribution in [0.5, 0.6) is 0 Å². The van der Waals surface area contributed by atoms with Gasteiger partial charge in [-0.25, -0.2) is 5.43 Å². The van der Waals surface area contributed by atoms with E-state index in [1.807, 2.05) is 25.1 Å². The summed E-state index contributed by atoms with van der Waals surface area (Å²) in [5, 5.41) is 4.10. The Morgan fingerprint density at radius 3 is 2.41 bits per heavy atom. The topological polar surface area (TPSA) is 54.4 Å². The first-order valence-electron chi connectivity index (χ1n) is 8.48. The molecule has 0 aliphatic heterocycles. The summed E-state index contributed by atoms with van der Waals surface area (Å²) in [6.07, 6.45) is 12.2. The van der Waals surface area contributed by atoms with Crippen molar-refractivity contribution in [3.63, 3.8) is 0 Å². The molecule has 0 aliphatic rings. The van der Waals surface area contributed by atoms with E-state index in [2.05, 4.69) is 22.4 Å². The van der Waals surface area contributed by atoms with Gasteiger partial charge in [0.2, 0.25) is 5.91 Å². The zero-order valence-electron chi connectivity index (χ0n) is 14.0. The van der Waals surface area contributed by atoms with E-state index in [1.165, 1.54) is 38.5 Å². The van der Waals surface area contributed by atoms with Gasteiger partial charge < -0.3 is 0 Å². The van der Waals surface area contributed by atoms with Gasteiger partial charge in [0.05, 0.1) is 11.4 Å². The standard InChI is InChI=1S/C18H29N3O/c1-3-4-5-6-7-8-9-10-14-18(22)21-20-16(2)17-13-11-12-15-19-17/h11-13,15H,3-10,14H2,1-2H3,(H,21,22). The lowest BCUT2D eigenvalue weighted by atomic mass is 10.1. The minimum absolute atomic E-state index is 0.0127. The molecule has 1 aromatic rings. The molecule has 1 heterocycles. The van der Waals surface area contributed by atoms with E-state index < -0.39 is 0 Å². The van der Waals surface area contributed by atoms with E-state index in [0.29, 0.717) is 6.42 Å². The fourth-order valence-corrected chi connectivity index (χ4v) is 2.26. The predicted octanol–water partition coefficient (Wildman–Crippen LogP) is 4.45. The van der Waals surface area contributed by atoms with Crippen molar-refractivity contribution in [3.05, 3.63) is 30.1 Å². The molecule has 0 bridgehead atoms. The van der Waals surface area contributed by atoms with Crippen LogP contribution in [0.15, 0.2) is 29.5 Å². The van der Waals surface area contributed by atoms with E-state index in [4.69, 9.17) is 0 Å². The second-order valence-corrected chi connectivity index (χ2v) is 5.67. The van der Waals surface area contributed by atoms with Crippen LogP contribution in [0.25, 0.3) is 0 Å². The summed E-state index contributed by atoms with van der Waals surface area (Å²) < 4.78 is 0. The Balaban J connectivity index is 2.09. The average Bonchev–Trinajstić information content (AvgIpc) is 2.56. The number of nitrogens with one attached hydrogen (secondary N) is 1. The van der Waals surface area contributed by atoms with Crippen molar-refractivity contribution < 1.29 is 4.79 Å². The lowest BCUT2D eigenvalue weighted by Crippen LogP contribution is -2.19. The molecule has 4 heteroatoms. The van der Waals surface area contributed by atoms with E-state index >= 15 is 0 Å². The largest absolute Gasteiger partial charge is 0.273 e. The Morgan fingerprint density at radius 2 is 1.77 bits per heavy atom. The van der Waals surface area contributed by atoms with Crippen LogP contribution in [0.2, 0.25) is 0 Å². The maximum atomic E-state index is 11.7. The van der Waals surface area contributed by atoms with Gasteiger partial charge in [-0.15, -0.1) is 0 Å². The zero-order valence-corrected chi connectivity index (χ0v) is 14.0. The Hall–Kier alpha value is -1.71. The molecule has 122 valence electrons. The van der Waals surface area contributed by atoms with Gasteiger partial charge in [0.25, 0.3) is 0 Å². The maximum Gasteiger partial charge on any atom is 0.240 e. The number of carbonyl (C=O) groups excluding carboxylic acids is 1. The first-order valence-corrected chi connectivity index (χ1v) is 8.48. The van der Waals surface area contributed by atoms with Gasteiger partial charge in [0.1, 0.15) is 0 Å². The lowest BCUT2D eigenvalue weighted by molar-refractivity contribution is -0.121. The van der Waals surface area contributed by atoms with Gasteiger partial charge in [-0.2, -0.15) is 5.10 Å². The van der Waals surface area contributed by atoms with E-state index in [9.17, 15) is 4.79 Å². The quantitative estimate of drug-likeness (QED) is 0.373. The van der Waals surface area contributed by atoms with Gasteiger partial charge in [0.15, 0.2) is 0 Å². The number of unbranched alkanes of at least 4 members (excludes halogenated alkanes) is 7. The number of aromatic nitrogens is 1. The number of rotatable bonds is 11. The highest BCUT2D eigenvalue weighted by molar-refractivity contribution is 5.97. The van der Waals surface area contributed by atoms with Crippen LogP contribution < -0.4 is 5.43 Å². The molecule has 0 aliphatic carbocycles. The SMILES string of the molecule is CCCCCCCCCCC(=O)NN=C(C)c1ccccn1. The Bertz CT molecular complexity index is 443. The zero-order chi connectivity index (χ0) is 16.0. The molecule has 0 saturated heterocycles. The normalized spacial score (nSPS) is 11.5. The highest BCUT2D eigenvalue weighted by Crippen LogP contribution is 2.09. The van der Waals surface area contributed by atoms with Crippen LogP contribution in [0.3, 0.4) is 0 Å². The molecule has 1 rings (SSSR count). The predicted molar refractivity (Wildman–Crippen MR) is 91.8 cm³/mol. The van der Waals surface area contributed by atoms with E-state index in [1.54, 1.807) is 6.20 Å². The minimum atomic E-state index is -0.0127. The third-order valence-electron chi connectivity index (χ3n) is 3.64. The maximum absolute atomic E-state index is 11.7. The van der Waals surface area contributed by atoms with Gasteiger partial charge in [-0.3, -0.25) is 9.78 Å². The highest BCUT2D eigenvalue weighted by atomic mass is 16.2. The molecule has 0 spiro atoms. The van der Waals surface area contributed by atoms with Crippen LogP contribution in [0, 0.1) is 0 Å². The van der Waals surface area contributed by atoms with Crippen molar-refractivity contribution >= 4 is 11.6 Å². The number of hydrogen-bond acceptors (Lipinski definition) is 3. The van der Waals surface area contributed by atoms with E-state index in [0.717, 1.165) is 24.2 Å². The number of nitrogens with zero attached hydrogens (tertiary/aromatic N) is 2. The fourth-order valence-electron chi connectivity index (χ4n) is 2.26. The summed E-state index contributed by atoms with van der Waals surface area (Å²) in [5.74, 6) is -0.0127. The first kappa shape index (κ1) is 18.3. The molecule has 22 heavy (non-hydrogen) atoms. The Labute approximate surface area is 134 Å². The monoisotopic (exact) mass is 303 g/mol. The summed E-state index contributed by atoms with van der Waals surface area (Å²) in [7, 11) is 0. The molecule has 1 aromatic heterocycles. The summed E-state index contributed by atoms with van der Waals surface area (Å²) in [4.78, 5) is 15.9. The van der Waals surface area contributed by atoms with Crippen molar-refractivity contribution in [1.29, 1.82) is 0 Å². The summed E-state index contributed by atoms with van der Waals surface area (Å²) in [5.41, 5.74) is 4.12. The molecular weight excluding hydrogens is 274 g/mol. The highest BCUT2D eigenvalue weighted by Gasteiger charge is 2.02. The van der Waals surface area contributed by atoms with Gasteiger partial charge in [-0.05, 0) is 25.5 Å². The van der Waals surface area contributed by atoms with Gasteiger partial charge in [-0.1, -0.05) is 57.9 Å². The van der Waals surface area contributed by atoms with Crippen LogP contribution >= 0.6 is 0 Å². The summed E-state index contributed by atoms with van der Waals surface area (Å²) >= 11 is 0. The van der Waals surface area contributed by atoms with Crippen molar-refractivity contribution in [1.82, 2.24) is 10.4 Å². The second-order valence-electron chi connectivity index (χ2n) is 5.67. The summed E-state index contributed by atoms with van der Waals surface area (Å²) in [6.45, 7) is 4.08. The summed E-state index contributed by atoms with van der Waals surface area (Å²) in [6, 6.07) is 5.64. The van der Waals surface area contributed by atoms with Crippen molar-refractivity contribution in [2.75, 3.05) is 0 Å². The smallest absolute Gasteiger partial charge is 0.240 e. The molecule has 0 unspecified atom stereocenters. The van der Waals surface area contributed by atoms with Crippen molar-refractivity contribution in [3.8, 4) is 0 Å². The average molecular weight is 303 g/mol. The molecule has 0 saturated carbocycles. The number of hydrazone groups is 1. The number of amides is 1. The Kier molecular flexibility index (Phi) is 9.92. The fraction of sp³-hybridized carbons (Fsp3) is 0.611. The molecule has 1 N–H and O–H groups in total. The van der Waals surface area contributed by atoms with Crippen LogP contribution in [-0.4, -0.2) is 16.6 Å². The van der Waals surface area contributed by atoms with Gasteiger partial charge in [0, 0.05) is 12.6 Å². The van der Waals surface area contributed by atoms with Gasteiger partial charge >= 0.3 is 0 Å². The van der Waals surface area contributed by atoms with Crippen LogP contribution in [0.4, 0.5) is 0 Å². The molecule has 0 aromatic carbocycles. The molecule has 0 radical (unpaired) electrons. The van der Waals surface area contributed by atoms with Crippen molar-refractivity contribution in [2.24, 2.45) is 5.10 Å². The number of carbonyl (C=O) groups is 1. The number of hydrogen-bond donors (Lipinski definition) is 1. The van der Waals surface area contributed by atoms with Crippen molar-refractivity contribution in [2.45, 2.75) is 71.6 Å². The molecule has 1 amide bonds. The van der Waals surface area contributed by atoms with Crippen LogP contribution in [-0.2, 0) is 4.79 Å². The Morgan fingerprint density at radius 1 is 1.09 bits per heavy atom. The number of pyridine rings is 1. The lowest BCUT2D eigenvalue weighted by Gasteiger charge is -2.03. The molecule has 0 fully saturated rings. The molecule has 0 atom stereocenters.